The Balaban J connectivity index is 1.41. The summed E-state index contributed by atoms with van der Waals surface area (Å²) in [6.07, 6.45) is 0. The Morgan fingerprint density at radius 2 is 1.37 bits per heavy atom. The monoisotopic (exact) mass is 576 g/mol. The second kappa shape index (κ2) is 11.2. The number of hydrogen-bond donors (Lipinski definition) is 2. The number of amides is 3. The zero-order chi connectivity index (χ0) is 27.4. The van der Waals surface area contributed by atoms with Crippen LogP contribution in [0.15, 0.2) is 94.7 Å². The molecule has 38 heavy (non-hydrogen) atoms. The van der Waals surface area contributed by atoms with Crippen LogP contribution in [-0.4, -0.2) is 20.4 Å². The van der Waals surface area contributed by atoms with Gasteiger partial charge in [-0.25, -0.2) is 22.0 Å². The highest BCUT2D eigenvalue weighted by molar-refractivity contribution is 7.91. The molecule has 0 saturated carbocycles. The Kier molecular flexibility index (Phi) is 7.96. The number of urea groups is 1. The maximum Gasteiger partial charge on any atom is 0.326 e. The number of benzene rings is 4. The fraction of sp³-hybridized carbons (Fsp3) is 0. The lowest BCUT2D eigenvalue weighted by Gasteiger charge is -2.11. The molecule has 0 saturated heterocycles. The van der Waals surface area contributed by atoms with E-state index in [0.717, 1.165) is 18.2 Å². The number of rotatable bonds is 6. The van der Waals surface area contributed by atoms with E-state index in [1.54, 1.807) is 0 Å². The Morgan fingerprint density at radius 1 is 0.789 bits per heavy atom. The molecule has 0 bridgehead atoms. The summed E-state index contributed by atoms with van der Waals surface area (Å²) in [6, 6.07) is 17.4. The molecule has 2 N–H and O–H groups in total. The number of carbonyl (C=O) groups is 2. The Labute approximate surface area is 225 Å². The van der Waals surface area contributed by atoms with Crippen LogP contribution < -0.4 is 15.4 Å². The summed E-state index contributed by atoms with van der Waals surface area (Å²) in [5, 5.41) is 4.65. The maximum absolute atomic E-state index is 13.7. The maximum atomic E-state index is 13.7. The Hall–Kier alpha value is -3.99. The molecule has 0 spiro atoms. The van der Waals surface area contributed by atoms with Gasteiger partial charge in [0, 0.05) is 10.7 Å². The van der Waals surface area contributed by atoms with E-state index in [-0.39, 0.29) is 32.0 Å². The van der Waals surface area contributed by atoms with E-state index in [9.17, 15) is 26.8 Å². The highest BCUT2D eigenvalue weighted by Crippen LogP contribution is 2.33. The average Bonchev–Trinajstić information content (AvgIpc) is 2.86. The van der Waals surface area contributed by atoms with Crippen molar-refractivity contribution in [3.63, 3.8) is 0 Å². The number of halogens is 4. The normalized spacial score (nSPS) is 11.1. The molecule has 7 nitrogen and oxygen atoms in total. The van der Waals surface area contributed by atoms with E-state index in [2.05, 4.69) is 5.32 Å². The predicted molar refractivity (Wildman–Crippen MR) is 138 cm³/mol. The third-order valence-electron chi connectivity index (χ3n) is 5.09. The molecule has 0 radical (unpaired) electrons. The van der Waals surface area contributed by atoms with E-state index < -0.39 is 39.0 Å². The molecule has 0 fully saturated rings. The predicted octanol–water partition coefficient (Wildman–Crippen LogP) is 6.86. The van der Waals surface area contributed by atoms with Gasteiger partial charge in [0.15, 0.2) is 0 Å². The van der Waals surface area contributed by atoms with E-state index >= 15 is 0 Å². The van der Waals surface area contributed by atoms with E-state index in [1.165, 1.54) is 66.7 Å². The number of nitrogens with one attached hydrogen (secondary N) is 2. The molecule has 4 aromatic carbocycles. The van der Waals surface area contributed by atoms with Crippen LogP contribution in [0.5, 0.6) is 11.5 Å². The first-order valence-corrected chi connectivity index (χ1v) is 12.9. The van der Waals surface area contributed by atoms with Crippen molar-refractivity contribution in [3.05, 3.63) is 112 Å². The first-order chi connectivity index (χ1) is 18.0. The van der Waals surface area contributed by atoms with Crippen LogP contribution in [0.2, 0.25) is 10.0 Å². The van der Waals surface area contributed by atoms with Crippen molar-refractivity contribution in [2.75, 3.05) is 5.32 Å². The third-order valence-corrected chi connectivity index (χ3v) is 7.43. The summed E-state index contributed by atoms with van der Waals surface area (Å²) in [4.78, 5) is 24.3. The first kappa shape index (κ1) is 27.1. The topological polar surface area (TPSA) is 102 Å². The molecule has 0 unspecified atom stereocenters. The largest absolute Gasteiger partial charge is 0.456 e. The molecule has 4 rings (SSSR count). The minimum atomic E-state index is -3.75. The van der Waals surface area contributed by atoms with Gasteiger partial charge >= 0.3 is 6.03 Å². The summed E-state index contributed by atoms with van der Waals surface area (Å²) in [6.45, 7) is 0. The standard InChI is InChI=1S/C26H16Cl2F2N2O5S/c27-15-4-9-18(10-5-15)38(35,36)19-11-7-17(8-12-19)37-23-13-6-16(14-20(23)28)31-26(34)32-25(33)24-21(29)2-1-3-22(24)30/h1-14H,(H2,31,32,33,34). The lowest BCUT2D eigenvalue weighted by Crippen LogP contribution is -2.35. The van der Waals surface area contributed by atoms with Gasteiger partial charge in [-0.1, -0.05) is 29.3 Å². The van der Waals surface area contributed by atoms with Gasteiger partial charge in [-0.05, 0) is 78.9 Å². The summed E-state index contributed by atoms with van der Waals surface area (Å²) >= 11 is 12.1. The lowest BCUT2D eigenvalue weighted by atomic mass is 10.2. The zero-order valence-corrected chi connectivity index (χ0v) is 21.4. The molecule has 194 valence electrons. The van der Waals surface area contributed by atoms with Crippen LogP contribution in [0.4, 0.5) is 19.3 Å². The summed E-state index contributed by atoms with van der Waals surface area (Å²) in [5.74, 6) is -3.01. The minimum Gasteiger partial charge on any atom is -0.456 e. The molecule has 3 amide bonds. The van der Waals surface area contributed by atoms with E-state index in [4.69, 9.17) is 27.9 Å². The van der Waals surface area contributed by atoms with Crippen LogP contribution in [0.25, 0.3) is 0 Å². The quantitative estimate of drug-likeness (QED) is 0.261. The van der Waals surface area contributed by atoms with Crippen LogP contribution >= 0.6 is 23.2 Å². The van der Waals surface area contributed by atoms with Gasteiger partial charge in [0.2, 0.25) is 9.84 Å². The highest BCUT2D eigenvalue weighted by Gasteiger charge is 2.20. The molecule has 0 aliphatic heterocycles. The molecular weight excluding hydrogens is 561 g/mol. The molecule has 0 aromatic heterocycles. The van der Waals surface area contributed by atoms with Crippen LogP contribution in [0.1, 0.15) is 10.4 Å². The lowest BCUT2D eigenvalue weighted by molar-refractivity contribution is 0.0959. The van der Waals surface area contributed by atoms with Crippen molar-refractivity contribution in [1.29, 1.82) is 0 Å². The Bertz CT molecular complexity index is 1610. The number of anilines is 1. The molecule has 0 atom stereocenters. The molecule has 0 aliphatic carbocycles. The van der Waals surface area contributed by atoms with Gasteiger partial charge in [-0.2, -0.15) is 0 Å². The number of hydrogen-bond acceptors (Lipinski definition) is 5. The summed E-state index contributed by atoms with van der Waals surface area (Å²) in [5.41, 5.74) is -0.734. The van der Waals surface area contributed by atoms with Crippen molar-refractivity contribution < 1.29 is 31.5 Å². The van der Waals surface area contributed by atoms with Crippen LogP contribution in [0, 0.1) is 11.6 Å². The number of imide groups is 1. The highest BCUT2D eigenvalue weighted by atomic mass is 35.5. The SMILES string of the molecule is O=C(NC(=O)c1c(F)cccc1F)Nc1ccc(Oc2ccc(S(=O)(=O)c3ccc(Cl)cc3)cc2)c(Cl)c1. The van der Waals surface area contributed by atoms with Gasteiger partial charge in [0.25, 0.3) is 5.91 Å². The third kappa shape index (κ3) is 6.10. The molecular formula is C26H16Cl2F2N2O5S. The summed E-state index contributed by atoms with van der Waals surface area (Å²) in [7, 11) is -3.75. The van der Waals surface area contributed by atoms with Crippen molar-refractivity contribution in [3.8, 4) is 11.5 Å². The number of carbonyl (C=O) groups excluding carboxylic acids is 2. The van der Waals surface area contributed by atoms with Gasteiger partial charge in [0.1, 0.15) is 28.7 Å². The smallest absolute Gasteiger partial charge is 0.326 e. The molecule has 0 aliphatic rings. The molecule has 4 aromatic rings. The second-order valence-electron chi connectivity index (χ2n) is 7.68. The number of ether oxygens (including phenoxy) is 1. The first-order valence-electron chi connectivity index (χ1n) is 10.7. The van der Waals surface area contributed by atoms with Gasteiger partial charge in [0.05, 0.1) is 14.8 Å². The van der Waals surface area contributed by atoms with E-state index in [0.29, 0.717) is 5.02 Å². The van der Waals surface area contributed by atoms with Crippen LogP contribution in [0.3, 0.4) is 0 Å². The second-order valence-corrected chi connectivity index (χ2v) is 10.5. The summed E-state index contributed by atoms with van der Waals surface area (Å²) < 4.78 is 58.7. The van der Waals surface area contributed by atoms with Crippen molar-refractivity contribution in [2.24, 2.45) is 0 Å². The van der Waals surface area contributed by atoms with Gasteiger partial charge < -0.3 is 10.1 Å². The number of sulfone groups is 1. The van der Waals surface area contributed by atoms with E-state index in [1.807, 2.05) is 5.32 Å². The fourth-order valence-electron chi connectivity index (χ4n) is 3.27. The minimum absolute atomic E-state index is 0.0497. The zero-order valence-electron chi connectivity index (χ0n) is 19.0. The molecule has 0 heterocycles. The Morgan fingerprint density at radius 3 is 1.95 bits per heavy atom. The van der Waals surface area contributed by atoms with Crippen molar-refractivity contribution in [2.45, 2.75) is 9.79 Å². The van der Waals surface area contributed by atoms with Crippen molar-refractivity contribution in [1.82, 2.24) is 5.32 Å². The van der Waals surface area contributed by atoms with Crippen LogP contribution in [-0.2, 0) is 9.84 Å². The fourth-order valence-corrected chi connectivity index (χ4v) is 4.87. The van der Waals surface area contributed by atoms with Crippen molar-refractivity contribution >= 4 is 50.7 Å². The van der Waals surface area contributed by atoms with Gasteiger partial charge in [-0.15, -0.1) is 0 Å². The van der Waals surface area contributed by atoms with Gasteiger partial charge in [-0.3, -0.25) is 10.1 Å². The molecule has 12 heteroatoms. The average molecular weight is 577 g/mol.